The molecule has 27 heavy (non-hydrogen) atoms. The van der Waals surface area contributed by atoms with E-state index in [1.165, 1.54) is 4.90 Å². The van der Waals surface area contributed by atoms with Crippen LogP contribution in [0, 0.1) is 0 Å². The Bertz CT molecular complexity index is 815. The molecule has 1 heterocycles. The van der Waals surface area contributed by atoms with Crippen molar-refractivity contribution in [3.63, 3.8) is 0 Å². The first-order valence-electron chi connectivity index (χ1n) is 9.19. The van der Waals surface area contributed by atoms with Gasteiger partial charge in [-0.25, -0.2) is 0 Å². The molecule has 0 saturated heterocycles. The van der Waals surface area contributed by atoms with Gasteiger partial charge in [0.25, 0.3) is 11.8 Å². The number of carbonyl (C=O) groups excluding carboxylic acids is 3. The maximum atomic E-state index is 12.7. The first kappa shape index (κ1) is 19.0. The van der Waals surface area contributed by atoms with Crippen LogP contribution in [0.1, 0.15) is 33.6 Å². The summed E-state index contributed by atoms with van der Waals surface area (Å²) in [5.74, 6) is -0.670. The maximum Gasteiger partial charge on any atom is 0.261 e. The molecule has 0 saturated carbocycles. The SMILES string of the molecule is NCCCNCC(=O)NCCCN1C(=O)c2cccc3cccc(c23)C1=O. The van der Waals surface area contributed by atoms with Gasteiger partial charge < -0.3 is 16.4 Å². The molecule has 3 amide bonds. The molecule has 0 aromatic heterocycles. The predicted octanol–water partition coefficient (Wildman–Crippen LogP) is 0.881. The molecule has 0 atom stereocenters. The third-order valence-corrected chi connectivity index (χ3v) is 4.58. The summed E-state index contributed by atoms with van der Waals surface area (Å²) in [6, 6.07) is 11.0. The Morgan fingerprint density at radius 3 is 2.26 bits per heavy atom. The molecule has 7 nitrogen and oxygen atoms in total. The van der Waals surface area contributed by atoms with Gasteiger partial charge in [0.05, 0.1) is 6.54 Å². The van der Waals surface area contributed by atoms with E-state index in [1.54, 1.807) is 12.1 Å². The Labute approximate surface area is 157 Å². The minimum atomic E-state index is -0.279. The van der Waals surface area contributed by atoms with Gasteiger partial charge in [0.2, 0.25) is 5.91 Å². The fraction of sp³-hybridized carbons (Fsp3) is 0.350. The summed E-state index contributed by atoms with van der Waals surface area (Å²) >= 11 is 0. The number of hydrogen-bond donors (Lipinski definition) is 3. The van der Waals surface area contributed by atoms with E-state index in [4.69, 9.17) is 5.73 Å². The zero-order valence-corrected chi connectivity index (χ0v) is 15.2. The highest BCUT2D eigenvalue weighted by Crippen LogP contribution is 2.29. The van der Waals surface area contributed by atoms with Crippen LogP contribution in [-0.4, -0.2) is 55.3 Å². The molecule has 3 rings (SSSR count). The van der Waals surface area contributed by atoms with Crippen molar-refractivity contribution in [2.75, 3.05) is 32.7 Å². The highest BCUT2D eigenvalue weighted by Gasteiger charge is 2.31. The molecule has 4 N–H and O–H groups in total. The average Bonchev–Trinajstić information content (AvgIpc) is 2.68. The highest BCUT2D eigenvalue weighted by atomic mass is 16.2. The molecular formula is C20H24N4O3. The van der Waals surface area contributed by atoms with Crippen LogP contribution in [0.25, 0.3) is 10.8 Å². The summed E-state index contributed by atoms with van der Waals surface area (Å²) in [4.78, 5) is 38.5. The van der Waals surface area contributed by atoms with Crippen molar-refractivity contribution in [3.8, 4) is 0 Å². The van der Waals surface area contributed by atoms with Crippen LogP contribution in [0.2, 0.25) is 0 Å². The number of rotatable bonds is 9. The third kappa shape index (κ3) is 4.15. The van der Waals surface area contributed by atoms with Crippen molar-refractivity contribution in [1.29, 1.82) is 0 Å². The molecular weight excluding hydrogens is 344 g/mol. The van der Waals surface area contributed by atoms with Crippen molar-refractivity contribution in [2.45, 2.75) is 12.8 Å². The molecule has 1 aliphatic heterocycles. The Balaban J connectivity index is 1.55. The summed E-state index contributed by atoms with van der Waals surface area (Å²) in [5, 5.41) is 7.40. The lowest BCUT2D eigenvalue weighted by Gasteiger charge is -2.27. The number of amides is 3. The van der Waals surface area contributed by atoms with Crippen LogP contribution < -0.4 is 16.4 Å². The van der Waals surface area contributed by atoms with Crippen molar-refractivity contribution in [2.24, 2.45) is 5.73 Å². The Morgan fingerprint density at radius 2 is 1.63 bits per heavy atom. The van der Waals surface area contributed by atoms with Crippen LogP contribution in [0.4, 0.5) is 0 Å². The molecule has 142 valence electrons. The number of benzene rings is 2. The Morgan fingerprint density at radius 1 is 0.963 bits per heavy atom. The molecule has 0 aliphatic carbocycles. The van der Waals surface area contributed by atoms with Gasteiger partial charge in [-0.1, -0.05) is 24.3 Å². The van der Waals surface area contributed by atoms with E-state index in [9.17, 15) is 14.4 Å². The van der Waals surface area contributed by atoms with Crippen LogP contribution in [0.5, 0.6) is 0 Å². The molecule has 2 aromatic carbocycles. The Kier molecular flexibility index (Phi) is 6.16. The maximum absolute atomic E-state index is 12.7. The molecule has 1 aliphatic rings. The van der Waals surface area contributed by atoms with Crippen LogP contribution >= 0.6 is 0 Å². The number of hydrogen-bond acceptors (Lipinski definition) is 5. The number of carbonyl (C=O) groups is 3. The van der Waals surface area contributed by atoms with Crippen LogP contribution in [0.3, 0.4) is 0 Å². The van der Waals surface area contributed by atoms with Gasteiger partial charge in [0.15, 0.2) is 0 Å². The summed E-state index contributed by atoms with van der Waals surface area (Å²) in [6.07, 6.45) is 1.32. The van der Waals surface area contributed by atoms with Gasteiger partial charge in [-0.05, 0) is 43.5 Å². The van der Waals surface area contributed by atoms with E-state index in [1.807, 2.05) is 24.3 Å². The second-order valence-corrected chi connectivity index (χ2v) is 6.49. The number of nitrogens with one attached hydrogen (secondary N) is 2. The topological polar surface area (TPSA) is 105 Å². The molecule has 0 spiro atoms. The van der Waals surface area contributed by atoms with Crippen LogP contribution in [0.15, 0.2) is 36.4 Å². The van der Waals surface area contributed by atoms with E-state index in [0.29, 0.717) is 37.2 Å². The Hall–Kier alpha value is -2.77. The van der Waals surface area contributed by atoms with Gasteiger partial charge in [-0.2, -0.15) is 0 Å². The predicted molar refractivity (Wildman–Crippen MR) is 103 cm³/mol. The molecule has 0 fully saturated rings. The van der Waals surface area contributed by atoms with Gasteiger partial charge in [-0.15, -0.1) is 0 Å². The lowest BCUT2D eigenvalue weighted by Crippen LogP contribution is -2.42. The van der Waals surface area contributed by atoms with E-state index < -0.39 is 0 Å². The summed E-state index contributed by atoms with van der Waals surface area (Å²) < 4.78 is 0. The van der Waals surface area contributed by atoms with Gasteiger partial charge >= 0.3 is 0 Å². The minimum absolute atomic E-state index is 0.113. The summed E-state index contributed by atoms with van der Waals surface area (Å²) in [6.45, 7) is 2.19. The first-order valence-corrected chi connectivity index (χ1v) is 9.19. The fourth-order valence-electron chi connectivity index (χ4n) is 3.24. The fourth-order valence-corrected chi connectivity index (χ4v) is 3.24. The molecule has 2 aromatic rings. The third-order valence-electron chi connectivity index (χ3n) is 4.58. The van der Waals surface area contributed by atoms with E-state index in [-0.39, 0.29) is 30.8 Å². The standard InChI is InChI=1S/C20H24N4O3/c21-9-3-10-22-13-17(25)23-11-4-12-24-19(26)15-7-1-5-14-6-2-8-16(18(14)15)20(24)27/h1-2,5-8,22H,3-4,9-13,21H2,(H,23,25). The number of imide groups is 1. The van der Waals surface area contributed by atoms with Gasteiger partial charge in [0, 0.05) is 29.6 Å². The average molecular weight is 368 g/mol. The quantitative estimate of drug-likeness (QED) is 0.450. The van der Waals surface area contributed by atoms with Gasteiger partial charge in [0.1, 0.15) is 0 Å². The van der Waals surface area contributed by atoms with Crippen molar-refractivity contribution < 1.29 is 14.4 Å². The number of nitrogens with zero attached hydrogens (tertiary/aromatic N) is 1. The molecule has 0 unspecified atom stereocenters. The second-order valence-electron chi connectivity index (χ2n) is 6.49. The van der Waals surface area contributed by atoms with Crippen molar-refractivity contribution in [1.82, 2.24) is 15.5 Å². The first-order chi connectivity index (χ1) is 13.1. The molecule has 0 bridgehead atoms. The largest absolute Gasteiger partial charge is 0.355 e. The van der Waals surface area contributed by atoms with E-state index in [2.05, 4.69) is 10.6 Å². The zero-order chi connectivity index (χ0) is 19.2. The molecule has 0 radical (unpaired) electrons. The minimum Gasteiger partial charge on any atom is -0.355 e. The monoisotopic (exact) mass is 368 g/mol. The smallest absolute Gasteiger partial charge is 0.261 e. The normalized spacial score (nSPS) is 13.3. The second kappa shape index (κ2) is 8.75. The summed E-state index contributed by atoms with van der Waals surface area (Å²) in [7, 11) is 0. The van der Waals surface area contributed by atoms with E-state index >= 15 is 0 Å². The highest BCUT2D eigenvalue weighted by molar-refractivity contribution is 6.25. The van der Waals surface area contributed by atoms with Gasteiger partial charge in [-0.3, -0.25) is 19.3 Å². The lowest BCUT2D eigenvalue weighted by atomic mass is 9.94. The van der Waals surface area contributed by atoms with Crippen molar-refractivity contribution in [3.05, 3.63) is 47.5 Å². The number of nitrogens with two attached hydrogens (primary N) is 1. The zero-order valence-electron chi connectivity index (χ0n) is 15.2. The molecule has 7 heteroatoms. The van der Waals surface area contributed by atoms with Crippen molar-refractivity contribution >= 4 is 28.5 Å². The van der Waals surface area contributed by atoms with Crippen LogP contribution in [-0.2, 0) is 4.79 Å². The lowest BCUT2D eigenvalue weighted by molar-refractivity contribution is -0.120. The van der Waals surface area contributed by atoms with E-state index in [0.717, 1.165) is 17.2 Å². The summed E-state index contributed by atoms with van der Waals surface area (Å²) in [5.41, 5.74) is 6.49.